The summed E-state index contributed by atoms with van der Waals surface area (Å²) in [5.74, 6) is -0.111. The first-order valence-corrected chi connectivity index (χ1v) is 11.9. The zero-order chi connectivity index (χ0) is 24.0. The first-order valence-electron chi connectivity index (χ1n) is 10.1. The van der Waals surface area contributed by atoms with E-state index in [9.17, 15) is 13.2 Å². The van der Waals surface area contributed by atoms with E-state index in [2.05, 4.69) is 5.32 Å². The van der Waals surface area contributed by atoms with Crippen LogP contribution in [0.25, 0.3) is 0 Å². The number of halogens is 1. The quantitative estimate of drug-likeness (QED) is 0.474. The summed E-state index contributed by atoms with van der Waals surface area (Å²) in [5.41, 5.74) is 2.57. The maximum Gasteiger partial charge on any atom is 0.264 e. The first-order chi connectivity index (χ1) is 15.7. The van der Waals surface area contributed by atoms with Crippen molar-refractivity contribution in [3.8, 4) is 5.75 Å². The van der Waals surface area contributed by atoms with Crippen LogP contribution in [0, 0.1) is 6.92 Å². The Kier molecular flexibility index (Phi) is 7.97. The van der Waals surface area contributed by atoms with Crippen molar-refractivity contribution in [3.05, 3.63) is 82.9 Å². The van der Waals surface area contributed by atoms with Crippen molar-refractivity contribution >= 4 is 38.9 Å². The normalized spacial score (nSPS) is 11.2. The Balaban J connectivity index is 1.95. The molecule has 0 aromatic heterocycles. The van der Waals surface area contributed by atoms with Crippen molar-refractivity contribution in [1.82, 2.24) is 0 Å². The van der Waals surface area contributed by atoms with Crippen molar-refractivity contribution in [2.24, 2.45) is 0 Å². The second kappa shape index (κ2) is 10.7. The molecule has 0 aliphatic carbocycles. The molecular weight excluding hydrogens is 464 g/mol. The Morgan fingerprint density at radius 2 is 1.76 bits per heavy atom. The SMILES string of the molecule is COCc1cccc(NC(=O)CN(c2ccc(OC)c(Cl)c2)S(=O)(=O)c2ccc(C)cc2)c1. The number of anilines is 2. The molecule has 0 aliphatic rings. The Hall–Kier alpha value is -3.07. The highest BCUT2D eigenvalue weighted by Crippen LogP contribution is 2.32. The topological polar surface area (TPSA) is 84.9 Å². The molecule has 9 heteroatoms. The molecule has 0 saturated carbocycles. The second-order valence-corrected chi connectivity index (χ2v) is 9.59. The summed E-state index contributed by atoms with van der Waals surface area (Å²) in [4.78, 5) is 13.0. The van der Waals surface area contributed by atoms with Crippen LogP contribution in [0.15, 0.2) is 71.6 Å². The minimum Gasteiger partial charge on any atom is -0.495 e. The number of nitrogens with one attached hydrogen (secondary N) is 1. The third-order valence-corrected chi connectivity index (χ3v) is 6.92. The third-order valence-electron chi connectivity index (χ3n) is 4.84. The van der Waals surface area contributed by atoms with Gasteiger partial charge in [-0.15, -0.1) is 0 Å². The maximum atomic E-state index is 13.5. The number of nitrogens with zero attached hydrogens (tertiary/aromatic N) is 1. The summed E-state index contributed by atoms with van der Waals surface area (Å²) in [6.07, 6.45) is 0. The standard InChI is InChI=1S/C24H25ClN2O5S/c1-17-7-10-21(11-8-17)33(29,30)27(20-9-12-23(32-3)22(25)14-20)15-24(28)26-19-6-4-5-18(13-19)16-31-2/h4-14H,15-16H2,1-3H3,(H,26,28). The average molecular weight is 489 g/mol. The lowest BCUT2D eigenvalue weighted by Crippen LogP contribution is -2.38. The molecule has 3 rings (SSSR count). The van der Waals surface area contributed by atoms with Gasteiger partial charge in [0.2, 0.25) is 5.91 Å². The van der Waals surface area contributed by atoms with E-state index in [0.717, 1.165) is 15.4 Å². The molecule has 0 unspecified atom stereocenters. The number of carbonyl (C=O) groups is 1. The number of sulfonamides is 1. The zero-order valence-corrected chi connectivity index (χ0v) is 20.1. The van der Waals surface area contributed by atoms with E-state index in [-0.39, 0.29) is 15.6 Å². The molecular formula is C24H25ClN2O5S. The summed E-state index contributed by atoms with van der Waals surface area (Å²) in [7, 11) is -1.01. The number of aryl methyl sites for hydroxylation is 1. The largest absolute Gasteiger partial charge is 0.495 e. The van der Waals surface area contributed by atoms with Crippen LogP contribution in [0.5, 0.6) is 5.75 Å². The van der Waals surface area contributed by atoms with Gasteiger partial charge < -0.3 is 14.8 Å². The highest BCUT2D eigenvalue weighted by molar-refractivity contribution is 7.92. The number of carbonyl (C=O) groups excluding carboxylic acids is 1. The minimum atomic E-state index is -4.06. The van der Waals surface area contributed by atoms with Gasteiger partial charge in [-0.25, -0.2) is 8.42 Å². The van der Waals surface area contributed by atoms with Crippen LogP contribution in [0.1, 0.15) is 11.1 Å². The van der Waals surface area contributed by atoms with Gasteiger partial charge >= 0.3 is 0 Å². The number of amides is 1. The molecule has 1 amide bonds. The molecule has 0 radical (unpaired) electrons. The van der Waals surface area contributed by atoms with Crippen LogP contribution in [-0.2, 0) is 26.2 Å². The number of methoxy groups -OCH3 is 2. The highest BCUT2D eigenvalue weighted by Gasteiger charge is 2.28. The molecule has 174 valence electrons. The fourth-order valence-electron chi connectivity index (χ4n) is 3.20. The maximum absolute atomic E-state index is 13.5. The molecule has 1 N–H and O–H groups in total. The van der Waals surface area contributed by atoms with E-state index in [1.165, 1.54) is 25.3 Å². The third kappa shape index (κ3) is 6.04. The van der Waals surface area contributed by atoms with E-state index in [1.54, 1.807) is 49.6 Å². The number of hydrogen-bond acceptors (Lipinski definition) is 5. The number of hydrogen-bond donors (Lipinski definition) is 1. The summed E-state index contributed by atoms with van der Waals surface area (Å²) < 4.78 is 38.3. The molecule has 0 aliphatic heterocycles. The molecule has 33 heavy (non-hydrogen) atoms. The van der Waals surface area contributed by atoms with Crippen LogP contribution in [0.3, 0.4) is 0 Å². The van der Waals surface area contributed by atoms with Gasteiger partial charge in [0.25, 0.3) is 10.0 Å². The summed E-state index contributed by atoms with van der Waals surface area (Å²) in [5, 5.41) is 2.98. The Bertz CT molecular complexity index is 1230. The summed E-state index contributed by atoms with van der Waals surface area (Å²) >= 11 is 6.25. The predicted octanol–water partition coefficient (Wildman–Crippen LogP) is 4.64. The molecule has 7 nitrogen and oxygen atoms in total. The molecule has 0 fully saturated rings. The lowest BCUT2D eigenvalue weighted by molar-refractivity contribution is -0.114. The molecule has 3 aromatic carbocycles. The van der Waals surface area contributed by atoms with Gasteiger partial charge in [-0.3, -0.25) is 9.10 Å². The van der Waals surface area contributed by atoms with E-state index in [1.807, 2.05) is 13.0 Å². The van der Waals surface area contributed by atoms with E-state index < -0.39 is 22.5 Å². The monoisotopic (exact) mass is 488 g/mol. The van der Waals surface area contributed by atoms with E-state index in [4.69, 9.17) is 21.1 Å². The van der Waals surface area contributed by atoms with Gasteiger partial charge in [-0.1, -0.05) is 41.4 Å². The molecule has 0 heterocycles. The predicted molar refractivity (Wildman–Crippen MR) is 129 cm³/mol. The lowest BCUT2D eigenvalue weighted by Gasteiger charge is -2.24. The van der Waals surface area contributed by atoms with Gasteiger partial charge in [-0.2, -0.15) is 0 Å². The van der Waals surface area contributed by atoms with Gasteiger partial charge in [-0.05, 0) is 55.0 Å². The van der Waals surface area contributed by atoms with Crippen molar-refractivity contribution in [2.75, 3.05) is 30.4 Å². The molecule has 0 bridgehead atoms. The zero-order valence-electron chi connectivity index (χ0n) is 18.5. The van der Waals surface area contributed by atoms with Crippen molar-refractivity contribution in [2.45, 2.75) is 18.4 Å². The van der Waals surface area contributed by atoms with Crippen molar-refractivity contribution in [3.63, 3.8) is 0 Å². The van der Waals surface area contributed by atoms with Gasteiger partial charge in [0.15, 0.2) is 0 Å². The average Bonchev–Trinajstić information content (AvgIpc) is 2.78. The molecule has 0 saturated heterocycles. The number of ether oxygens (including phenoxy) is 2. The molecule has 0 atom stereocenters. The van der Waals surface area contributed by atoms with Crippen molar-refractivity contribution < 1.29 is 22.7 Å². The fourth-order valence-corrected chi connectivity index (χ4v) is 4.86. The summed E-state index contributed by atoms with van der Waals surface area (Å²) in [6.45, 7) is 1.80. The van der Waals surface area contributed by atoms with Crippen LogP contribution in [0.2, 0.25) is 5.02 Å². The highest BCUT2D eigenvalue weighted by atomic mass is 35.5. The second-order valence-electron chi connectivity index (χ2n) is 7.33. The van der Waals surface area contributed by atoms with Crippen LogP contribution in [0.4, 0.5) is 11.4 Å². The van der Waals surface area contributed by atoms with Gasteiger partial charge in [0.05, 0.1) is 29.3 Å². The van der Waals surface area contributed by atoms with E-state index >= 15 is 0 Å². The van der Waals surface area contributed by atoms with E-state index in [0.29, 0.717) is 18.0 Å². The number of rotatable bonds is 9. The lowest BCUT2D eigenvalue weighted by atomic mass is 10.2. The fraction of sp³-hybridized carbons (Fsp3) is 0.208. The minimum absolute atomic E-state index is 0.0648. The number of benzene rings is 3. The van der Waals surface area contributed by atoms with Gasteiger partial charge in [0, 0.05) is 12.8 Å². The van der Waals surface area contributed by atoms with Crippen molar-refractivity contribution in [1.29, 1.82) is 0 Å². The molecule has 3 aromatic rings. The van der Waals surface area contributed by atoms with Crippen LogP contribution < -0.4 is 14.4 Å². The first kappa shape index (κ1) is 24.6. The Morgan fingerprint density at radius 1 is 1.03 bits per heavy atom. The van der Waals surface area contributed by atoms with Crippen LogP contribution >= 0.6 is 11.6 Å². The Labute approximate surface area is 198 Å². The molecule has 0 spiro atoms. The smallest absolute Gasteiger partial charge is 0.264 e. The Morgan fingerprint density at radius 3 is 2.39 bits per heavy atom. The van der Waals surface area contributed by atoms with Gasteiger partial charge in [0.1, 0.15) is 12.3 Å². The van der Waals surface area contributed by atoms with Crippen LogP contribution in [-0.4, -0.2) is 35.1 Å². The summed E-state index contributed by atoms with van der Waals surface area (Å²) in [6, 6.07) is 18.1.